The molecule has 0 saturated heterocycles. The molecular formula is C28H26N2O3. The summed E-state index contributed by atoms with van der Waals surface area (Å²) in [6, 6.07) is 23.3. The van der Waals surface area contributed by atoms with Crippen LogP contribution in [0, 0.1) is 0 Å². The van der Waals surface area contributed by atoms with Gasteiger partial charge in [0.15, 0.2) is 6.61 Å². The number of carbonyl (C=O) groups is 2. The highest BCUT2D eigenvalue weighted by molar-refractivity contribution is 5.98. The van der Waals surface area contributed by atoms with Crippen LogP contribution in [0.1, 0.15) is 45.6 Å². The van der Waals surface area contributed by atoms with E-state index in [-0.39, 0.29) is 12.5 Å². The highest BCUT2D eigenvalue weighted by Crippen LogP contribution is 2.30. The van der Waals surface area contributed by atoms with Crippen molar-refractivity contribution in [1.29, 1.82) is 0 Å². The smallest absolute Gasteiger partial charge is 0.338 e. The maximum Gasteiger partial charge on any atom is 0.338 e. The van der Waals surface area contributed by atoms with E-state index in [1.54, 1.807) is 6.07 Å². The monoisotopic (exact) mass is 438 g/mol. The summed E-state index contributed by atoms with van der Waals surface area (Å²) in [7, 11) is 0. The Labute approximate surface area is 192 Å². The van der Waals surface area contributed by atoms with Gasteiger partial charge in [-0.3, -0.25) is 4.79 Å². The molecule has 0 saturated carbocycles. The van der Waals surface area contributed by atoms with E-state index < -0.39 is 5.97 Å². The number of hydrogen-bond acceptors (Lipinski definition) is 3. The second-order valence-electron chi connectivity index (χ2n) is 8.49. The third-order valence-electron chi connectivity index (χ3n) is 6.20. The van der Waals surface area contributed by atoms with E-state index in [9.17, 15) is 9.59 Å². The average molecular weight is 439 g/mol. The number of rotatable bonds is 6. The van der Waals surface area contributed by atoms with E-state index in [4.69, 9.17) is 4.74 Å². The Hall–Kier alpha value is -3.86. The molecule has 0 bridgehead atoms. The van der Waals surface area contributed by atoms with Gasteiger partial charge in [-0.15, -0.1) is 0 Å². The van der Waals surface area contributed by atoms with Gasteiger partial charge in [-0.05, 0) is 73.1 Å². The zero-order chi connectivity index (χ0) is 22.6. The number of amides is 1. The van der Waals surface area contributed by atoms with Crippen molar-refractivity contribution in [1.82, 2.24) is 4.98 Å². The lowest BCUT2D eigenvalue weighted by molar-refractivity contribution is -0.119. The number of aromatic nitrogens is 1. The summed E-state index contributed by atoms with van der Waals surface area (Å²) < 4.78 is 5.33. The van der Waals surface area contributed by atoms with E-state index in [0.717, 1.165) is 40.6 Å². The van der Waals surface area contributed by atoms with Gasteiger partial charge in [0.1, 0.15) is 0 Å². The van der Waals surface area contributed by atoms with Crippen molar-refractivity contribution < 1.29 is 14.3 Å². The number of aromatic amines is 1. The van der Waals surface area contributed by atoms with E-state index in [1.807, 2.05) is 54.6 Å². The van der Waals surface area contributed by atoms with Crippen molar-refractivity contribution in [2.24, 2.45) is 0 Å². The minimum atomic E-state index is -0.490. The molecule has 1 aromatic heterocycles. The topological polar surface area (TPSA) is 71.2 Å². The van der Waals surface area contributed by atoms with Crippen molar-refractivity contribution in [2.45, 2.75) is 32.1 Å². The third kappa shape index (κ3) is 4.67. The van der Waals surface area contributed by atoms with Crippen LogP contribution in [0.5, 0.6) is 0 Å². The number of carbonyl (C=O) groups excluding carboxylic acids is 2. The summed E-state index contributed by atoms with van der Waals surface area (Å²) in [4.78, 5) is 28.6. The molecule has 1 heterocycles. The highest BCUT2D eigenvalue weighted by atomic mass is 16.5. The Morgan fingerprint density at radius 3 is 2.58 bits per heavy atom. The maximum atomic E-state index is 12.6. The van der Waals surface area contributed by atoms with Crippen LogP contribution < -0.4 is 5.32 Å². The molecule has 0 radical (unpaired) electrons. The molecule has 166 valence electrons. The van der Waals surface area contributed by atoms with Crippen LogP contribution in [0.15, 0.2) is 72.8 Å². The summed E-state index contributed by atoms with van der Waals surface area (Å²) in [6.07, 6.45) is 5.14. The quantitative estimate of drug-likeness (QED) is 0.394. The number of esters is 1. The van der Waals surface area contributed by atoms with E-state index in [0.29, 0.717) is 12.0 Å². The molecule has 1 aliphatic rings. The fraction of sp³-hybridized carbons (Fsp3) is 0.214. The van der Waals surface area contributed by atoms with Gasteiger partial charge >= 0.3 is 5.97 Å². The molecular weight excluding hydrogens is 412 g/mol. The number of ether oxygens (including phenoxy) is 1. The molecule has 1 aliphatic carbocycles. The average Bonchev–Trinajstić information content (AvgIpc) is 3.22. The van der Waals surface area contributed by atoms with Crippen LogP contribution in [0.2, 0.25) is 0 Å². The largest absolute Gasteiger partial charge is 0.452 e. The number of H-pyrrole nitrogens is 1. The predicted molar refractivity (Wildman–Crippen MR) is 130 cm³/mol. The molecule has 2 N–H and O–H groups in total. The van der Waals surface area contributed by atoms with Crippen molar-refractivity contribution in [3.05, 3.63) is 101 Å². The van der Waals surface area contributed by atoms with E-state index in [1.165, 1.54) is 24.1 Å². The number of benzene rings is 3. The van der Waals surface area contributed by atoms with Gasteiger partial charge in [0.05, 0.1) is 5.56 Å². The molecule has 0 atom stereocenters. The molecule has 33 heavy (non-hydrogen) atoms. The van der Waals surface area contributed by atoms with Crippen LogP contribution in [-0.2, 0) is 28.8 Å². The predicted octanol–water partition coefficient (Wildman–Crippen LogP) is 5.43. The lowest BCUT2D eigenvalue weighted by Gasteiger charge is -2.12. The van der Waals surface area contributed by atoms with Gasteiger partial charge in [-0.1, -0.05) is 48.5 Å². The minimum absolute atomic E-state index is 0.332. The Kier molecular flexibility index (Phi) is 5.94. The second kappa shape index (κ2) is 9.33. The highest BCUT2D eigenvalue weighted by Gasteiger charge is 2.18. The lowest BCUT2D eigenvalue weighted by Crippen LogP contribution is -2.21. The number of hydrogen-bond donors (Lipinski definition) is 2. The van der Waals surface area contributed by atoms with Gasteiger partial charge < -0.3 is 15.0 Å². The zero-order valence-corrected chi connectivity index (χ0v) is 18.4. The number of fused-ring (bicyclic) bond motifs is 3. The van der Waals surface area contributed by atoms with Gasteiger partial charge in [0.2, 0.25) is 0 Å². The number of aryl methyl sites for hydroxylation is 2. The molecule has 3 aromatic carbocycles. The van der Waals surface area contributed by atoms with Crippen LogP contribution in [0.25, 0.3) is 10.9 Å². The first kappa shape index (κ1) is 21.0. The van der Waals surface area contributed by atoms with Crippen molar-refractivity contribution in [3.8, 4) is 0 Å². The molecule has 0 spiro atoms. The molecule has 0 fully saturated rings. The van der Waals surface area contributed by atoms with Crippen molar-refractivity contribution in [2.75, 3.05) is 11.9 Å². The summed E-state index contributed by atoms with van der Waals surface area (Å²) in [5.41, 5.74) is 6.98. The fourth-order valence-corrected chi connectivity index (χ4v) is 4.55. The van der Waals surface area contributed by atoms with Gasteiger partial charge in [0.25, 0.3) is 5.91 Å². The lowest BCUT2D eigenvalue weighted by atomic mass is 9.95. The Balaban J connectivity index is 1.23. The maximum absolute atomic E-state index is 12.6. The molecule has 5 heteroatoms. The molecule has 4 aromatic rings. The van der Waals surface area contributed by atoms with Gasteiger partial charge in [-0.25, -0.2) is 4.79 Å². The molecule has 1 amide bonds. The zero-order valence-electron chi connectivity index (χ0n) is 18.4. The summed E-state index contributed by atoms with van der Waals surface area (Å²) in [5, 5.41) is 3.96. The summed E-state index contributed by atoms with van der Waals surface area (Å²) >= 11 is 0. The first-order valence-electron chi connectivity index (χ1n) is 11.4. The third-order valence-corrected chi connectivity index (χ3v) is 6.20. The summed E-state index contributed by atoms with van der Waals surface area (Å²) in [5.74, 6) is -0.848. The Bertz CT molecular complexity index is 1310. The van der Waals surface area contributed by atoms with E-state index >= 15 is 0 Å². The normalized spacial score (nSPS) is 12.8. The van der Waals surface area contributed by atoms with Crippen LogP contribution in [0.4, 0.5) is 5.69 Å². The number of para-hydroxylation sites is 1. The molecule has 5 rings (SSSR count). The van der Waals surface area contributed by atoms with Gasteiger partial charge in [0, 0.05) is 22.3 Å². The Morgan fingerprint density at radius 1 is 0.909 bits per heavy atom. The molecule has 0 unspecified atom stereocenters. The summed E-state index contributed by atoms with van der Waals surface area (Å²) in [6.45, 7) is -0.332. The SMILES string of the molecule is O=C(COC(=O)c1ccc2[nH]c3c(c2c1)CCCC3)Nc1ccccc1Cc1ccccc1. The molecule has 0 aliphatic heterocycles. The number of nitrogens with one attached hydrogen (secondary N) is 2. The minimum Gasteiger partial charge on any atom is -0.452 e. The van der Waals surface area contributed by atoms with Crippen molar-refractivity contribution >= 4 is 28.5 Å². The van der Waals surface area contributed by atoms with Crippen LogP contribution in [-0.4, -0.2) is 23.5 Å². The fourth-order valence-electron chi connectivity index (χ4n) is 4.55. The Morgan fingerprint density at radius 2 is 1.70 bits per heavy atom. The second-order valence-corrected chi connectivity index (χ2v) is 8.49. The standard InChI is InChI=1S/C28H26N2O3/c31-27(30-24-12-6-4-10-20(24)16-19-8-2-1-3-9-19)18-33-28(32)21-14-15-26-23(17-21)22-11-5-7-13-25(22)29-26/h1-4,6,8-10,12,14-15,17,29H,5,7,11,13,16,18H2,(H,30,31). The van der Waals surface area contributed by atoms with E-state index in [2.05, 4.69) is 22.4 Å². The van der Waals surface area contributed by atoms with Crippen LogP contribution in [0.3, 0.4) is 0 Å². The van der Waals surface area contributed by atoms with Crippen LogP contribution >= 0.6 is 0 Å². The molecule has 5 nitrogen and oxygen atoms in total. The first-order chi connectivity index (χ1) is 16.2. The first-order valence-corrected chi connectivity index (χ1v) is 11.4. The number of anilines is 1. The van der Waals surface area contributed by atoms with Crippen molar-refractivity contribution in [3.63, 3.8) is 0 Å². The van der Waals surface area contributed by atoms with Gasteiger partial charge in [-0.2, -0.15) is 0 Å².